The summed E-state index contributed by atoms with van der Waals surface area (Å²) in [6.07, 6.45) is 1.57. The van der Waals surface area contributed by atoms with Gasteiger partial charge in [0.2, 0.25) is 5.91 Å². The fourth-order valence-electron chi connectivity index (χ4n) is 3.85. The zero-order chi connectivity index (χ0) is 19.6. The number of amides is 1. The molecule has 0 saturated carbocycles. The molecule has 0 spiro atoms. The number of likely N-dealkylation sites (tertiary alicyclic amines) is 1. The van der Waals surface area contributed by atoms with Crippen molar-refractivity contribution in [2.24, 2.45) is 5.92 Å². The molecule has 0 atom stereocenters. The Hall–Kier alpha value is -1.91. The number of benzene rings is 2. The number of nitrogens with zero attached hydrogens (tertiary/aromatic N) is 1. The number of carbonyl (C=O) groups is 1. The Balaban J connectivity index is 1.56. The topological polar surface area (TPSA) is 32.3 Å². The minimum Gasteiger partial charge on any atom is -0.325 e. The molecular weight excluding hydrogens is 363 g/mol. The molecule has 2 aromatic rings. The van der Waals surface area contributed by atoms with E-state index in [0.717, 1.165) is 42.7 Å². The molecular formula is C22H26ClFN2O. The maximum absolute atomic E-state index is 14.0. The van der Waals surface area contributed by atoms with E-state index in [1.807, 2.05) is 13.8 Å². The smallest absolute Gasteiger partial charge is 0.227 e. The number of rotatable bonds is 4. The second kappa shape index (κ2) is 8.41. The van der Waals surface area contributed by atoms with Crippen LogP contribution in [0.1, 0.15) is 35.1 Å². The van der Waals surface area contributed by atoms with Crippen LogP contribution in [0.15, 0.2) is 30.3 Å². The van der Waals surface area contributed by atoms with Crippen molar-refractivity contribution in [3.8, 4) is 0 Å². The number of hydrogen-bond donors (Lipinski definition) is 1. The molecule has 0 unspecified atom stereocenters. The van der Waals surface area contributed by atoms with Crippen molar-refractivity contribution < 1.29 is 9.18 Å². The van der Waals surface area contributed by atoms with Crippen LogP contribution < -0.4 is 5.32 Å². The van der Waals surface area contributed by atoms with Crippen molar-refractivity contribution in [2.75, 3.05) is 18.4 Å². The van der Waals surface area contributed by atoms with Gasteiger partial charge in [-0.25, -0.2) is 4.39 Å². The van der Waals surface area contributed by atoms with Gasteiger partial charge in [0.25, 0.3) is 0 Å². The van der Waals surface area contributed by atoms with Crippen molar-refractivity contribution in [3.05, 3.63) is 63.4 Å². The predicted molar refractivity (Wildman–Crippen MR) is 109 cm³/mol. The first-order valence-corrected chi connectivity index (χ1v) is 9.76. The molecule has 2 aromatic carbocycles. The Labute approximate surface area is 165 Å². The van der Waals surface area contributed by atoms with Crippen LogP contribution in [-0.4, -0.2) is 23.9 Å². The average molecular weight is 389 g/mol. The Morgan fingerprint density at radius 3 is 2.37 bits per heavy atom. The number of aryl methyl sites for hydroxylation is 3. The van der Waals surface area contributed by atoms with Crippen LogP contribution in [0.5, 0.6) is 0 Å². The Morgan fingerprint density at radius 2 is 1.78 bits per heavy atom. The van der Waals surface area contributed by atoms with E-state index in [1.54, 1.807) is 12.1 Å². The van der Waals surface area contributed by atoms with Crippen LogP contribution >= 0.6 is 11.6 Å². The van der Waals surface area contributed by atoms with Gasteiger partial charge in [-0.05, 0) is 70.0 Å². The molecule has 0 aromatic heterocycles. The highest BCUT2D eigenvalue weighted by atomic mass is 35.5. The molecule has 1 aliphatic rings. The van der Waals surface area contributed by atoms with Gasteiger partial charge in [-0.15, -0.1) is 0 Å². The second-order valence-electron chi connectivity index (χ2n) is 7.55. The first kappa shape index (κ1) is 19.8. The Bertz CT molecular complexity index is 821. The SMILES string of the molecule is Cc1cc(C)c(NC(=O)C2CCN(Cc3ccc(Cl)cc3F)CC2)c(C)c1. The van der Waals surface area contributed by atoms with Crippen LogP contribution in [0, 0.1) is 32.5 Å². The van der Waals surface area contributed by atoms with Crippen LogP contribution in [0.25, 0.3) is 0 Å². The van der Waals surface area contributed by atoms with E-state index in [9.17, 15) is 9.18 Å². The van der Waals surface area contributed by atoms with Crippen LogP contribution in [0.3, 0.4) is 0 Å². The van der Waals surface area contributed by atoms with Crippen molar-refractivity contribution >= 4 is 23.2 Å². The average Bonchev–Trinajstić information content (AvgIpc) is 2.61. The summed E-state index contributed by atoms with van der Waals surface area (Å²) < 4.78 is 14.0. The molecule has 0 aliphatic carbocycles. The van der Waals surface area contributed by atoms with Crippen molar-refractivity contribution in [1.82, 2.24) is 4.90 Å². The minimum absolute atomic E-state index is 0.00332. The largest absolute Gasteiger partial charge is 0.325 e. The lowest BCUT2D eigenvalue weighted by Crippen LogP contribution is -2.38. The van der Waals surface area contributed by atoms with E-state index >= 15 is 0 Å². The lowest BCUT2D eigenvalue weighted by atomic mass is 9.95. The standard InChI is InChI=1S/C22H26ClFN2O/c1-14-10-15(2)21(16(3)11-14)25-22(27)17-6-8-26(9-7-17)13-18-4-5-19(23)12-20(18)24/h4-5,10-12,17H,6-9,13H2,1-3H3,(H,25,27). The van der Waals surface area contributed by atoms with E-state index < -0.39 is 0 Å². The van der Waals surface area contributed by atoms with E-state index in [1.165, 1.54) is 11.6 Å². The summed E-state index contributed by atoms with van der Waals surface area (Å²) in [7, 11) is 0. The molecule has 1 amide bonds. The molecule has 1 N–H and O–H groups in total. The number of piperidine rings is 1. The molecule has 1 fully saturated rings. The van der Waals surface area contributed by atoms with E-state index in [-0.39, 0.29) is 17.6 Å². The number of nitrogens with one attached hydrogen (secondary N) is 1. The van der Waals surface area contributed by atoms with Gasteiger partial charge in [-0.2, -0.15) is 0 Å². The fraction of sp³-hybridized carbons (Fsp3) is 0.409. The van der Waals surface area contributed by atoms with Crippen molar-refractivity contribution in [1.29, 1.82) is 0 Å². The van der Waals surface area contributed by atoms with E-state index in [0.29, 0.717) is 17.1 Å². The number of carbonyl (C=O) groups excluding carboxylic acids is 1. The molecule has 144 valence electrons. The third kappa shape index (κ3) is 4.88. The first-order chi connectivity index (χ1) is 12.8. The van der Waals surface area contributed by atoms with Gasteiger partial charge < -0.3 is 5.32 Å². The summed E-state index contributed by atoms with van der Waals surface area (Å²) in [6.45, 7) is 8.23. The number of halogens is 2. The zero-order valence-corrected chi connectivity index (χ0v) is 16.9. The lowest BCUT2D eigenvalue weighted by molar-refractivity contribution is -0.121. The molecule has 3 rings (SSSR count). The highest BCUT2D eigenvalue weighted by Gasteiger charge is 2.26. The molecule has 5 heteroatoms. The first-order valence-electron chi connectivity index (χ1n) is 9.38. The van der Waals surface area contributed by atoms with E-state index in [2.05, 4.69) is 29.3 Å². The van der Waals surface area contributed by atoms with Crippen LogP contribution in [0.2, 0.25) is 5.02 Å². The molecule has 3 nitrogen and oxygen atoms in total. The summed E-state index contributed by atoms with van der Waals surface area (Å²) in [5.41, 5.74) is 4.96. The third-order valence-electron chi connectivity index (χ3n) is 5.29. The summed E-state index contributed by atoms with van der Waals surface area (Å²) in [4.78, 5) is 14.9. The van der Waals surface area contributed by atoms with Gasteiger partial charge >= 0.3 is 0 Å². The third-order valence-corrected chi connectivity index (χ3v) is 5.53. The monoisotopic (exact) mass is 388 g/mol. The molecule has 1 saturated heterocycles. The number of hydrogen-bond acceptors (Lipinski definition) is 2. The van der Waals surface area contributed by atoms with Gasteiger partial charge in [0.05, 0.1) is 0 Å². The summed E-state index contributed by atoms with van der Waals surface area (Å²) >= 11 is 5.81. The normalized spacial score (nSPS) is 15.7. The Kier molecular flexibility index (Phi) is 6.18. The maximum atomic E-state index is 14.0. The predicted octanol–water partition coefficient (Wildman–Crippen LogP) is 5.26. The summed E-state index contributed by atoms with van der Waals surface area (Å²) in [6, 6.07) is 8.98. The van der Waals surface area contributed by atoms with Crippen LogP contribution in [-0.2, 0) is 11.3 Å². The molecule has 0 bridgehead atoms. The fourth-order valence-corrected chi connectivity index (χ4v) is 4.01. The quantitative estimate of drug-likeness (QED) is 0.775. The number of anilines is 1. The second-order valence-corrected chi connectivity index (χ2v) is 7.99. The molecule has 27 heavy (non-hydrogen) atoms. The minimum atomic E-state index is -0.271. The molecule has 1 aliphatic heterocycles. The highest BCUT2D eigenvalue weighted by Crippen LogP contribution is 2.26. The lowest BCUT2D eigenvalue weighted by Gasteiger charge is -2.31. The zero-order valence-electron chi connectivity index (χ0n) is 16.1. The van der Waals surface area contributed by atoms with Crippen molar-refractivity contribution in [3.63, 3.8) is 0 Å². The van der Waals surface area contributed by atoms with E-state index in [4.69, 9.17) is 11.6 Å². The maximum Gasteiger partial charge on any atom is 0.227 e. The van der Waals surface area contributed by atoms with Gasteiger partial charge in [0.1, 0.15) is 5.82 Å². The van der Waals surface area contributed by atoms with Crippen molar-refractivity contribution in [2.45, 2.75) is 40.2 Å². The van der Waals surface area contributed by atoms with Crippen LogP contribution in [0.4, 0.5) is 10.1 Å². The van der Waals surface area contributed by atoms with Gasteiger partial charge in [-0.3, -0.25) is 9.69 Å². The molecule has 1 heterocycles. The summed E-state index contributed by atoms with van der Waals surface area (Å²) in [5.74, 6) is -0.188. The van der Waals surface area contributed by atoms with Gasteiger partial charge in [-0.1, -0.05) is 35.4 Å². The summed E-state index contributed by atoms with van der Waals surface area (Å²) in [5, 5.41) is 3.53. The van der Waals surface area contributed by atoms with Gasteiger partial charge in [0.15, 0.2) is 0 Å². The Morgan fingerprint density at radius 1 is 1.15 bits per heavy atom. The highest BCUT2D eigenvalue weighted by molar-refractivity contribution is 6.30. The molecule has 0 radical (unpaired) electrons. The van der Waals surface area contributed by atoms with Gasteiger partial charge in [0, 0.05) is 28.7 Å².